The number of nitrogens with zero attached hydrogens (tertiary/aromatic N) is 1. The number of rotatable bonds is 6. The highest BCUT2D eigenvalue weighted by atomic mass is 16.5. The number of carboxylic acids is 1. The van der Waals surface area contributed by atoms with Crippen LogP contribution in [-0.4, -0.2) is 28.2 Å². The number of hydrogen-bond donors (Lipinski definition) is 2. The van der Waals surface area contributed by atoms with Crippen LogP contribution >= 0.6 is 0 Å². The van der Waals surface area contributed by atoms with Gasteiger partial charge in [0.15, 0.2) is 0 Å². The first kappa shape index (κ1) is 17.0. The second-order valence-corrected chi connectivity index (χ2v) is 6.26. The van der Waals surface area contributed by atoms with Gasteiger partial charge in [0.2, 0.25) is 0 Å². The average molecular weight is 344 g/mol. The van der Waals surface area contributed by atoms with E-state index in [2.05, 4.69) is 10.5 Å². The smallest absolute Gasteiger partial charge is 0.306 e. The summed E-state index contributed by atoms with van der Waals surface area (Å²) in [7, 11) is 0. The van der Waals surface area contributed by atoms with Crippen LogP contribution in [0.4, 0.5) is 0 Å². The van der Waals surface area contributed by atoms with E-state index in [9.17, 15) is 9.59 Å². The molecular weight excluding hydrogens is 324 g/mol. The predicted molar refractivity (Wildman–Crippen MR) is 88.4 cm³/mol. The SMILES string of the molecule is Cc1noc(C)c1COc1ccccc1C(=O)NC1CC(C(=O)O)C1. The molecule has 1 heterocycles. The number of aliphatic carboxylic acids is 1. The molecule has 2 aromatic rings. The maximum atomic E-state index is 12.5. The lowest BCUT2D eigenvalue weighted by Crippen LogP contribution is -2.46. The molecule has 0 saturated heterocycles. The monoisotopic (exact) mass is 344 g/mol. The van der Waals surface area contributed by atoms with Gasteiger partial charge in [-0.3, -0.25) is 9.59 Å². The standard InChI is InChI=1S/C18H20N2O5/c1-10-15(11(2)25-20-10)9-24-16-6-4-3-5-14(16)17(21)19-13-7-12(8-13)18(22)23/h3-6,12-13H,7-9H2,1-2H3,(H,19,21)(H,22,23). The molecule has 0 spiro atoms. The second-order valence-electron chi connectivity index (χ2n) is 6.26. The van der Waals surface area contributed by atoms with Crippen molar-refractivity contribution in [1.82, 2.24) is 10.5 Å². The Morgan fingerprint density at radius 1 is 1.32 bits per heavy atom. The van der Waals surface area contributed by atoms with Gasteiger partial charge in [-0.2, -0.15) is 0 Å². The van der Waals surface area contributed by atoms with E-state index < -0.39 is 5.97 Å². The zero-order chi connectivity index (χ0) is 18.0. The summed E-state index contributed by atoms with van der Waals surface area (Å²) in [6.07, 6.45) is 0.923. The number of carbonyl (C=O) groups is 2. The molecule has 7 nitrogen and oxygen atoms in total. The third-order valence-corrected chi connectivity index (χ3v) is 4.51. The number of aromatic nitrogens is 1. The highest BCUT2D eigenvalue weighted by Crippen LogP contribution is 2.28. The number of para-hydroxylation sites is 1. The van der Waals surface area contributed by atoms with Gasteiger partial charge < -0.3 is 19.7 Å². The van der Waals surface area contributed by atoms with Crippen LogP contribution in [-0.2, 0) is 11.4 Å². The summed E-state index contributed by atoms with van der Waals surface area (Å²) < 4.78 is 10.9. The molecule has 2 N–H and O–H groups in total. The first-order chi connectivity index (χ1) is 12.0. The van der Waals surface area contributed by atoms with Crippen LogP contribution in [0.5, 0.6) is 5.75 Å². The Bertz CT molecular complexity index is 773. The number of nitrogens with one attached hydrogen (secondary N) is 1. The molecule has 1 saturated carbocycles. The van der Waals surface area contributed by atoms with Gasteiger partial charge >= 0.3 is 5.97 Å². The van der Waals surface area contributed by atoms with E-state index in [1.165, 1.54) is 0 Å². The van der Waals surface area contributed by atoms with Crippen molar-refractivity contribution in [3.8, 4) is 5.75 Å². The van der Waals surface area contributed by atoms with E-state index in [0.29, 0.717) is 29.9 Å². The minimum atomic E-state index is -0.811. The van der Waals surface area contributed by atoms with Crippen molar-refractivity contribution < 1.29 is 24.0 Å². The highest BCUT2D eigenvalue weighted by Gasteiger charge is 2.35. The van der Waals surface area contributed by atoms with Gasteiger partial charge in [-0.05, 0) is 38.8 Å². The first-order valence-electron chi connectivity index (χ1n) is 8.13. The third-order valence-electron chi connectivity index (χ3n) is 4.51. The molecule has 1 aliphatic rings. The predicted octanol–water partition coefficient (Wildman–Crippen LogP) is 2.46. The van der Waals surface area contributed by atoms with Crippen LogP contribution in [0.1, 0.15) is 40.2 Å². The van der Waals surface area contributed by atoms with E-state index >= 15 is 0 Å². The van der Waals surface area contributed by atoms with Gasteiger partial charge in [-0.25, -0.2) is 0 Å². The topological polar surface area (TPSA) is 102 Å². The molecule has 1 aromatic heterocycles. The average Bonchev–Trinajstić information content (AvgIpc) is 2.86. The van der Waals surface area contributed by atoms with Crippen molar-refractivity contribution in [3.05, 3.63) is 46.8 Å². The fourth-order valence-corrected chi connectivity index (χ4v) is 2.84. The molecule has 1 amide bonds. The summed E-state index contributed by atoms with van der Waals surface area (Å²) in [5, 5.41) is 15.6. The molecule has 1 fully saturated rings. The fraction of sp³-hybridized carbons (Fsp3) is 0.389. The quantitative estimate of drug-likeness (QED) is 0.835. The molecule has 132 valence electrons. The summed E-state index contributed by atoms with van der Waals surface area (Å²) in [4.78, 5) is 23.3. The Labute approximate surface area is 145 Å². The molecule has 0 atom stereocenters. The lowest BCUT2D eigenvalue weighted by atomic mass is 9.80. The Morgan fingerprint density at radius 3 is 2.68 bits per heavy atom. The van der Waals surface area contributed by atoms with E-state index in [1.807, 2.05) is 13.8 Å². The fourth-order valence-electron chi connectivity index (χ4n) is 2.84. The number of aryl methyl sites for hydroxylation is 2. The van der Waals surface area contributed by atoms with Gasteiger partial charge in [-0.1, -0.05) is 17.3 Å². The van der Waals surface area contributed by atoms with Crippen molar-refractivity contribution in [2.75, 3.05) is 0 Å². The third kappa shape index (κ3) is 3.65. The lowest BCUT2D eigenvalue weighted by Gasteiger charge is -2.32. The molecular formula is C18H20N2O5. The molecule has 0 aliphatic heterocycles. The normalized spacial score (nSPS) is 19.1. The van der Waals surface area contributed by atoms with Crippen LogP contribution in [0, 0.1) is 19.8 Å². The zero-order valence-corrected chi connectivity index (χ0v) is 14.1. The summed E-state index contributed by atoms with van der Waals surface area (Å²) >= 11 is 0. The number of ether oxygens (including phenoxy) is 1. The molecule has 25 heavy (non-hydrogen) atoms. The number of carbonyl (C=O) groups excluding carboxylic acids is 1. The first-order valence-corrected chi connectivity index (χ1v) is 8.13. The number of hydrogen-bond acceptors (Lipinski definition) is 5. The van der Waals surface area contributed by atoms with Crippen LogP contribution < -0.4 is 10.1 Å². The number of amides is 1. The Kier molecular flexibility index (Phi) is 4.74. The summed E-state index contributed by atoms with van der Waals surface area (Å²) in [6, 6.07) is 6.87. The van der Waals surface area contributed by atoms with Crippen molar-refractivity contribution >= 4 is 11.9 Å². The van der Waals surface area contributed by atoms with Crippen molar-refractivity contribution in [2.24, 2.45) is 5.92 Å². The second kappa shape index (κ2) is 6.96. The minimum Gasteiger partial charge on any atom is -0.488 e. The summed E-state index contributed by atoms with van der Waals surface area (Å²) in [6.45, 7) is 3.91. The van der Waals surface area contributed by atoms with E-state index in [4.69, 9.17) is 14.4 Å². The van der Waals surface area contributed by atoms with Gasteiger partial charge in [0.05, 0.1) is 22.7 Å². The van der Waals surface area contributed by atoms with Gasteiger partial charge in [-0.15, -0.1) is 0 Å². The maximum absolute atomic E-state index is 12.5. The maximum Gasteiger partial charge on any atom is 0.306 e. The zero-order valence-electron chi connectivity index (χ0n) is 14.1. The van der Waals surface area contributed by atoms with Gasteiger partial charge in [0.1, 0.15) is 18.1 Å². The highest BCUT2D eigenvalue weighted by molar-refractivity contribution is 5.97. The number of benzene rings is 1. The molecule has 0 bridgehead atoms. The van der Waals surface area contributed by atoms with E-state index in [1.54, 1.807) is 24.3 Å². The minimum absolute atomic E-state index is 0.107. The van der Waals surface area contributed by atoms with E-state index in [-0.39, 0.29) is 24.5 Å². The van der Waals surface area contributed by atoms with Gasteiger partial charge in [0.25, 0.3) is 5.91 Å². The van der Waals surface area contributed by atoms with Crippen molar-refractivity contribution in [3.63, 3.8) is 0 Å². The molecule has 3 rings (SSSR count). The molecule has 7 heteroatoms. The van der Waals surface area contributed by atoms with Crippen LogP contribution in [0.2, 0.25) is 0 Å². The Hall–Kier alpha value is -2.83. The van der Waals surface area contributed by atoms with Crippen LogP contribution in [0.15, 0.2) is 28.8 Å². The van der Waals surface area contributed by atoms with Gasteiger partial charge in [0, 0.05) is 6.04 Å². The molecule has 1 aliphatic carbocycles. The molecule has 0 radical (unpaired) electrons. The summed E-state index contributed by atoms with van der Waals surface area (Å²) in [5.41, 5.74) is 2.04. The van der Waals surface area contributed by atoms with Crippen molar-refractivity contribution in [1.29, 1.82) is 0 Å². The van der Waals surface area contributed by atoms with Crippen LogP contribution in [0.3, 0.4) is 0 Å². The van der Waals surface area contributed by atoms with Crippen LogP contribution in [0.25, 0.3) is 0 Å². The largest absolute Gasteiger partial charge is 0.488 e. The number of carboxylic acid groups (broad SMARTS) is 1. The molecule has 0 unspecified atom stereocenters. The molecule has 1 aromatic carbocycles. The Balaban J connectivity index is 1.64. The van der Waals surface area contributed by atoms with Crippen molar-refractivity contribution in [2.45, 2.75) is 39.3 Å². The summed E-state index contributed by atoms with van der Waals surface area (Å²) in [5.74, 6) is -0.282. The Morgan fingerprint density at radius 2 is 2.04 bits per heavy atom. The van der Waals surface area contributed by atoms with E-state index in [0.717, 1.165) is 11.3 Å². The lowest BCUT2D eigenvalue weighted by molar-refractivity contribution is -0.145.